The number of rotatable bonds is 3. The fourth-order valence-electron chi connectivity index (χ4n) is 3.28. The second-order valence-electron chi connectivity index (χ2n) is 5.29. The minimum Gasteiger partial charge on any atom is -0.305 e. The third-order valence-corrected chi connectivity index (χ3v) is 5.16. The lowest BCUT2D eigenvalue weighted by molar-refractivity contribution is 0.177. The summed E-state index contributed by atoms with van der Waals surface area (Å²) in [5.41, 5.74) is 1.93. The van der Waals surface area contributed by atoms with Crippen molar-refractivity contribution < 1.29 is 0 Å². The van der Waals surface area contributed by atoms with E-state index in [0.717, 1.165) is 6.04 Å². The van der Waals surface area contributed by atoms with Crippen molar-refractivity contribution in [1.82, 2.24) is 15.2 Å². The number of hydrogen-bond donors (Lipinski definition) is 1. The summed E-state index contributed by atoms with van der Waals surface area (Å²) >= 11 is 1.76. The Morgan fingerprint density at radius 1 is 1.41 bits per heavy atom. The average Bonchev–Trinajstić information content (AvgIpc) is 2.98. The van der Waals surface area contributed by atoms with Gasteiger partial charge in [0, 0.05) is 35.7 Å². The summed E-state index contributed by atoms with van der Waals surface area (Å²) in [4.78, 5) is 8.21. The highest BCUT2D eigenvalue weighted by Gasteiger charge is 2.35. The highest BCUT2D eigenvalue weighted by molar-refractivity contribution is 7.09. The fourth-order valence-corrected chi connectivity index (χ4v) is 3.92. The van der Waals surface area contributed by atoms with Gasteiger partial charge in [0.2, 0.25) is 0 Å². The predicted octanol–water partition coefficient (Wildman–Crippen LogP) is 2.42. The number of hydrogen-bond acceptors (Lipinski definition) is 4. The third kappa shape index (κ3) is 2.39. The molecule has 0 saturated carbocycles. The number of nitrogens with zero attached hydrogens (tertiary/aromatic N) is 2. The van der Waals surface area contributed by atoms with Crippen LogP contribution in [0.4, 0.5) is 0 Å². The minimum atomic E-state index is 0.453. The van der Waals surface area contributed by atoms with Crippen LogP contribution < -0.4 is 5.32 Å². The van der Waals surface area contributed by atoms with Gasteiger partial charge >= 0.3 is 0 Å². The van der Waals surface area contributed by atoms with Gasteiger partial charge in [-0.05, 0) is 32.7 Å². The van der Waals surface area contributed by atoms with Gasteiger partial charge in [0.25, 0.3) is 0 Å². The molecule has 3 nitrogen and oxygen atoms in total. The molecule has 0 bridgehead atoms. The van der Waals surface area contributed by atoms with E-state index < -0.39 is 0 Å². The average molecular weight is 251 g/mol. The van der Waals surface area contributed by atoms with E-state index in [-0.39, 0.29) is 0 Å². The first-order valence-electron chi connectivity index (χ1n) is 6.73. The fraction of sp³-hybridized carbons (Fsp3) is 0.769. The summed E-state index contributed by atoms with van der Waals surface area (Å²) in [6, 6.07) is 1.93. The van der Waals surface area contributed by atoms with Crippen molar-refractivity contribution in [2.75, 3.05) is 13.1 Å². The Balaban J connectivity index is 1.62. The van der Waals surface area contributed by atoms with Gasteiger partial charge < -0.3 is 5.32 Å². The van der Waals surface area contributed by atoms with Gasteiger partial charge in [0.1, 0.15) is 0 Å². The van der Waals surface area contributed by atoms with E-state index in [4.69, 9.17) is 0 Å². The second-order valence-corrected chi connectivity index (χ2v) is 6.20. The van der Waals surface area contributed by atoms with E-state index in [1.165, 1.54) is 43.6 Å². The van der Waals surface area contributed by atoms with E-state index in [1.54, 1.807) is 11.3 Å². The smallest absolute Gasteiger partial charge is 0.0794 e. The van der Waals surface area contributed by atoms with Crippen LogP contribution in [-0.2, 0) is 0 Å². The van der Waals surface area contributed by atoms with E-state index in [2.05, 4.69) is 22.1 Å². The Labute approximate surface area is 107 Å². The molecule has 0 aliphatic carbocycles. The highest BCUT2D eigenvalue weighted by Crippen LogP contribution is 2.29. The van der Waals surface area contributed by atoms with E-state index in [0.29, 0.717) is 12.1 Å². The molecule has 3 atom stereocenters. The van der Waals surface area contributed by atoms with Crippen LogP contribution in [0.2, 0.25) is 0 Å². The van der Waals surface area contributed by atoms with Gasteiger partial charge in [-0.15, -0.1) is 11.3 Å². The van der Waals surface area contributed by atoms with Crippen LogP contribution in [-0.4, -0.2) is 35.1 Å². The standard InChI is InChI=1S/C13H21N3S/c1-10(13-8-14-9-17-13)15-11-5-7-16-6-3-2-4-12(11)16/h8-12,15H,2-7H2,1H3. The van der Waals surface area contributed by atoms with Crippen LogP contribution in [0.1, 0.15) is 43.5 Å². The maximum Gasteiger partial charge on any atom is 0.0794 e. The molecular weight excluding hydrogens is 230 g/mol. The summed E-state index contributed by atoms with van der Waals surface area (Å²) in [6.45, 7) is 4.87. The lowest BCUT2D eigenvalue weighted by atomic mass is 9.98. The highest BCUT2D eigenvalue weighted by atomic mass is 32.1. The predicted molar refractivity (Wildman–Crippen MR) is 71.3 cm³/mol. The number of fused-ring (bicyclic) bond motifs is 1. The lowest BCUT2D eigenvalue weighted by Crippen LogP contribution is -2.45. The maximum absolute atomic E-state index is 4.17. The summed E-state index contributed by atoms with van der Waals surface area (Å²) < 4.78 is 0. The quantitative estimate of drug-likeness (QED) is 0.894. The van der Waals surface area contributed by atoms with Gasteiger partial charge in [-0.1, -0.05) is 6.42 Å². The molecule has 3 unspecified atom stereocenters. The van der Waals surface area contributed by atoms with Crippen molar-refractivity contribution in [3.8, 4) is 0 Å². The van der Waals surface area contributed by atoms with Crippen LogP contribution >= 0.6 is 11.3 Å². The molecule has 1 N–H and O–H groups in total. The van der Waals surface area contributed by atoms with Crippen LogP contribution in [0, 0.1) is 0 Å². The van der Waals surface area contributed by atoms with Crippen LogP contribution in [0.3, 0.4) is 0 Å². The van der Waals surface area contributed by atoms with Gasteiger partial charge in [-0.3, -0.25) is 9.88 Å². The number of nitrogens with one attached hydrogen (secondary N) is 1. The molecular formula is C13H21N3S. The molecule has 0 radical (unpaired) electrons. The van der Waals surface area contributed by atoms with Crippen LogP contribution in [0.25, 0.3) is 0 Å². The zero-order chi connectivity index (χ0) is 11.7. The topological polar surface area (TPSA) is 28.2 Å². The Bertz CT molecular complexity index is 352. The monoisotopic (exact) mass is 251 g/mol. The molecule has 94 valence electrons. The zero-order valence-electron chi connectivity index (χ0n) is 10.4. The SMILES string of the molecule is CC(NC1CCN2CCCCC12)c1cncs1. The van der Waals surface area contributed by atoms with Crippen LogP contribution in [0.15, 0.2) is 11.7 Å². The van der Waals surface area contributed by atoms with Gasteiger partial charge in [-0.25, -0.2) is 0 Å². The van der Waals surface area contributed by atoms with Gasteiger partial charge in [0.15, 0.2) is 0 Å². The van der Waals surface area contributed by atoms with Crippen molar-refractivity contribution in [2.45, 2.75) is 50.7 Å². The summed E-state index contributed by atoms with van der Waals surface area (Å²) in [7, 11) is 0. The third-order valence-electron chi connectivity index (χ3n) is 4.20. The first kappa shape index (κ1) is 11.6. The Hall–Kier alpha value is -0.450. The van der Waals surface area contributed by atoms with Crippen molar-refractivity contribution in [3.05, 3.63) is 16.6 Å². The molecule has 4 heteroatoms. The molecule has 1 aromatic heterocycles. The van der Waals surface area contributed by atoms with Crippen LogP contribution in [0.5, 0.6) is 0 Å². The summed E-state index contributed by atoms with van der Waals surface area (Å²) in [5, 5.41) is 3.81. The first-order valence-corrected chi connectivity index (χ1v) is 7.61. The number of piperidine rings is 1. The van der Waals surface area contributed by atoms with Crippen molar-refractivity contribution in [2.24, 2.45) is 0 Å². The summed E-state index contributed by atoms with van der Waals surface area (Å²) in [5.74, 6) is 0. The molecule has 2 saturated heterocycles. The summed E-state index contributed by atoms with van der Waals surface area (Å²) in [6.07, 6.45) is 7.50. The van der Waals surface area contributed by atoms with Crippen molar-refractivity contribution in [3.63, 3.8) is 0 Å². The molecule has 1 aromatic rings. The molecule has 17 heavy (non-hydrogen) atoms. The molecule has 3 rings (SSSR count). The molecule has 2 aliphatic heterocycles. The van der Waals surface area contributed by atoms with Crippen molar-refractivity contribution in [1.29, 1.82) is 0 Å². The minimum absolute atomic E-state index is 0.453. The van der Waals surface area contributed by atoms with E-state index in [1.807, 2.05) is 11.7 Å². The second kappa shape index (κ2) is 5.04. The Morgan fingerprint density at radius 3 is 3.18 bits per heavy atom. The molecule has 2 aliphatic rings. The molecule has 0 spiro atoms. The lowest BCUT2D eigenvalue weighted by Gasteiger charge is -2.33. The Kier molecular flexibility index (Phi) is 3.45. The normalized spacial score (nSPS) is 31.4. The Morgan fingerprint density at radius 2 is 2.35 bits per heavy atom. The van der Waals surface area contributed by atoms with Gasteiger partial charge in [-0.2, -0.15) is 0 Å². The first-order chi connectivity index (χ1) is 8.34. The molecule has 2 fully saturated rings. The largest absolute Gasteiger partial charge is 0.305 e. The number of aromatic nitrogens is 1. The zero-order valence-corrected chi connectivity index (χ0v) is 11.2. The van der Waals surface area contributed by atoms with E-state index >= 15 is 0 Å². The van der Waals surface area contributed by atoms with Crippen molar-refractivity contribution >= 4 is 11.3 Å². The molecule has 0 amide bonds. The molecule has 3 heterocycles. The van der Waals surface area contributed by atoms with Gasteiger partial charge in [0.05, 0.1) is 5.51 Å². The molecule has 0 aromatic carbocycles. The van der Waals surface area contributed by atoms with E-state index in [9.17, 15) is 0 Å². The maximum atomic E-state index is 4.17. The number of thiazole rings is 1.